The van der Waals surface area contributed by atoms with Crippen LogP contribution >= 0.6 is 0 Å². The molecule has 0 aliphatic carbocycles. The molecule has 1 amide bonds. The number of hydrogen-bond acceptors (Lipinski definition) is 5. The van der Waals surface area contributed by atoms with E-state index in [2.05, 4.69) is 4.74 Å². The Balaban J connectivity index is 1.75. The summed E-state index contributed by atoms with van der Waals surface area (Å²) in [5.74, 6) is -0.483. The van der Waals surface area contributed by atoms with Crippen molar-refractivity contribution in [1.82, 2.24) is 4.90 Å². The van der Waals surface area contributed by atoms with Crippen LogP contribution in [0, 0.1) is 0 Å². The summed E-state index contributed by atoms with van der Waals surface area (Å²) < 4.78 is 40.3. The molecule has 1 fully saturated rings. The average Bonchev–Trinajstić information content (AvgIpc) is 2.77. The lowest BCUT2D eigenvalue weighted by Crippen LogP contribution is -2.43. The molecule has 2 aromatic carbocycles. The number of nitrogens with zero attached hydrogens (tertiary/aromatic N) is 1. The third-order valence-electron chi connectivity index (χ3n) is 5.01. The van der Waals surface area contributed by atoms with E-state index in [9.17, 15) is 18.4 Å². The number of piperidine rings is 1. The number of rotatable bonds is 6. The standard InChI is InChI=1S/C22H23F2NO5/c1-28-20(26)17-9-7-16(8-10-17)19-13-18(30-21(23)24)11-12-25(19)22(27)29-14-15-5-3-2-4-6-15/h2-10,18-19,21H,11-14H2,1H3/t18-,19-/m1/s1. The summed E-state index contributed by atoms with van der Waals surface area (Å²) >= 11 is 0. The van der Waals surface area contributed by atoms with Crippen molar-refractivity contribution in [2.24, 2.45) is 0 Å². The van der Waals surface area contributed by atoms with E-state index in [1.54, 1.807) is 24.3 Å². The highest BCUT2D eigenvalue weighted by molar-refractivity contribution is 5.89. The Morgan fingerprint density at radius 2 is 1.80 bits per heavy atom. The molecule has 0 saturated carbocycles. The van der Waals surface area contributed by atoms with Gasteiger partial charge in [0.15, 0.2) is 0 Å². The molecule has 0 radical (unpaired) electrons. The fraction of sp³-hybridized carbons (Fsp3) is 0.364. The molecule has 0 aromatic heterocycles. The number of likely N-dealkylation sites (tertiary alicyclic amines) is 1. The maximum Gasteiger partial charge on any atom is 0.410 e. The Morgan fingerprint density at radius 1 is 1.10 bits per heavy atom. The molecule has 1 aliphatic heterocycles. The van der Waals surface area contributed by atoms with Crippen LogP contribution in [-0.4, -0.2) is 43.3 Å². The number of methoxy groups -OCH3 is 1. The summed E-state index contributed by atoms with van der Waals surface area (Å²) in [6, 6.07) is 15.3. The van der Waals surface area contributed by atoms with Crippen LogP contribution in [0.5, 0.6) is 0 Å². The normalized spacial score (nSPS) is 18.9. The molecule has 0 N–H and O–H groups in total. The fourth-order valence-electron chi connectivity index (χ4n) is 3.50. The number of esters is 1. The fourth-order valence-corrected chi connectivity index (χ4v) is 3.50. The first kappa shape index (κ1) is 21.7. The summed E-state index contributed by atoms with van der Waals surface area (Å²) in [6.45, 7) is -2.55. The van der Waals surface area contributed by atoms with Gasteiger partial charge >= 0.3 is 18.7 Å². The molecule has 160 valence electrons. The van der Waals surface area contributed by atoms with Crippen LogP contribution in [0.25, 0.3) is 0 Å². The van der Waals surface area contributed by atoms with Gasteiger partial charge in [0.2, 0.25) is 0 Å². The SMILES string of the molecule is COC(=O)c1ccc([C@H]2C[C@H](OC(F)F)CCN2C(=O)OCc2ccccc2)cc1. The number of alkyl halides is 2. The van der Waals surface area contributed by atoms with Crippen molar-refractivity contribution in [2.45, 2.75) is 38.2 Å². The molecular weight excluding hydrogens is 396 g/mol. The predicted octanol–water partition coefficient (Wildman–Crippen LogP) is 4.55. The lowest BCUT2D eigenvalue weighted by molar-refractivity contribution is -0.176. The van der Waals surface area contributed by atoms with E-state index in [0.29, 0.717) is 11.1 Å². The van der Waals surface area contributed by atoms with Crippen LogP contribution in [-0.2, 0) is 20.8 Å². The zero-order valence-corrected chi connectivity index (χ0v) is 16.5. The molecule has 0 unspecified atom stereocenters. The monoisotopic (exact) mass is 419 g/mol. The smallest absolute Gasteiger partial charge is 0.410 e. The zero-order valence-electron chi connectivity index (χ0n) is 16.5. The Bertz CT molecular complexity index is 844. The Labute approximate surface area is 173 Å². The van der Waals surface area contributed by atoms with E-state index in [0.717, 1.165) is 5.56 Å². The summed E-state index contributed by atoms with van der Waals surface area (Å²) in [7, 11) is 1.29. The number of hydrogen-bond donors (Lipinski definition) is 0. The topological polar surface area (TPSA) is 65.1 Å². The van der Waals surface area contributed by atoms with E-state index in [1.807, 2.05) is 30.3 Å². The molecule has 6 nitrogen and oxygen atoms in total. The van der Waals surface area contributed by atoms with Crippen molar-refractivity contribution < 1.29 is 32.6 Å². The van der Waals surface area contributed by atoms with Crippen molar-refractivity contribution >= 4 is 12.1 Å². The van der Waals surface area contributed by atoms with Crippen LogP contribution in [0.4, 0.5) is 13.6 Å². The first-order valence-corrected chi connectivity index (χ1v) is 9.57. The summed E-state index contributed by atoms with van der Waals surface area (Å²) in [5.41, 5.74) is 1.90. The summed E-state index contributed by atoms with van der Waals surface area (Å²) in [4.78, 5) is 25.9. The third kappa shape index (κ3) is 5.54. The summed E-state index contributed by atoms with van der Waals surface area (Å²) in [5, 5.41) is 0. The molecular formula is C22H23F2NO5. The molecule has 1 saturated heterocycles. The lowest BCUT2D eigenvalue weighted by atomic mass is 9.93. The van der Waals surface area contributed by atoms with Gasteiger partial charge in [-0.25, -0.2) is 9.59 Å². The first-order chi connectivity index (χ1) is 14.5. The summed E-state index contributed by atoms with van der Waals surface area (Å²) in [6.07, 6.45) is -0.742. The maximum atomic E-state index is 12.7. The van der Waals surface area contributed by atoms with Gasteiger partial charge in [-0.1, -0.05) is 42.5 Å². The van der Waals surface area contributed by atoms with Crippen LogP contribution in [0.1, 0.15) is 40.4 Å². The Kier molecular flexibility index (Phi) is 7.35. The largest absolute Gasteiger partial charge is 0.465 e. The van der Waals surface area contributed by atoms with Gasteiger partial charge < -0.3 is 19.1 Å². The van der Waals surface area contributed by atoms with Crippen LogP contribution in [0.2, 0.25) is 0 Å². The highest BCUT2D eigenvalue weighted by atomic mass is 19.3. The molecule has 30 heavy (non-hydrogen) atoms. The van der Waals surface area contributed by atoms with E-state index in [-0.39, 0.29) is 26.0 Å². The van der Waals surface area contributed by atoms with E-state index in [4.69, 9.17) is 9.47 Å². The second kappa shape index (κ2) is 10.2. The van der Waals surface area contributed by atoms with Gasteiger partial charge in [-0.3, -0.25) is 0 Å². The van der Waals surface area contributed by atoms with Gasteiger partial charge in [-0.2, -0.15) is 8.78 Å². The van der Waals surface area contributed by atoms with Gasteiger partial charge in [-0.05, 0) is 36.1 Å². The first-order valence-electron chi connectivity index (χ1n) is 9.57. The van der Waals surface area contributed by atoms with Gasteiger partial charge in [-0.15, -0.1) is 0 Å². The second-order valence-corrected chi connectivity index (χ2v) is 6.91. The number of halogens is 2. The quantitative estimate of drug-likeness (QED) is 0.643. The van der Waals surface area contributed by atoms with Gasteiger partial charge in [0.1, 0.15) is 6.61 Å². The van der Waals surface area contributed by atoms with Crippen molar-refractivity contribution in [2.75, 3.05) is 13.7 Å². The number of amides is 1. The third-order valence-corrected chi connectivity index (χ3v) is 5.01. The number of carbonyl (C=O) groups excluding carboxylic acids is 2. The van der Waals surface area contributed by atoms with E-state index < -0.39 is 30.8 Å². The van der Waals surface area contributed by atoms with Crippen LogP contribution < -0.4 is 0 Å². The number of ether oxygens (including phenoxy) is 3. The Hall–Kier alpha value is -3.00. The molecule has 2 atom stereocenters. The lowest BCUT2D eigenvalue weighted by Gasteiger charge is -2.38. The highest BCUT2D eigenvalue weighted by Gasteiger charge is 2.35. The minimum Gasteiger partial charge on any atom is -0.465 e. The van der Waals surface area contributed by atoms with E-state index >= 15 is 0 Å². The van der Waals surface area contributed by atoms with Gasteiger partial charge in [0.05, 0.1) is 24.8 Å². The average molecular weight is 419 g/mol. The number of benzene rings is 2. The molecule has 1 aliphatic rings. The zero-order chi connectivity index (χ0) is 21.5. The van der Waals surface area contributed by atoms with Gasteiger partial charge in [0.25, 0.3) is 0 Å². The van der Waals surface area contributed by atoms with Crippen molar-refractivity contribution in [1.29, 1.82) is 0 Å². The number of carbonyl (C=O) groups is 2. The van der Waals surface area contributed by atoms with Crippen molar-refractivity contribution in [3.05, 3.63) is 71.3 Å². The molecule has 8 heteroatoms. The second-order valence-electron chi connectivity index (χ2n) is 6.91. The molecule has 1 heterocycles. The predicted molar refractivity (Wildman–Crippen MR) is 104 cm³/mol. The Morgan fingerprint density at radius 3 is 2.43 bits per heavy atom. The van der Waals surface area contributed by atoms with Crippen LogP contribution in [0.15, 0.2) is 54.6 Å². The molecule has 3 rings (SSSR count). The molecule has 0 spiro atoms. The van der Waals surface area contributed by atoms with Gasteiger partial charge in [0, 0.05) is 6.54 Å². The molecule has 0 bridgehead atoms. The van der Waals surface area contributed by atoms with Crippen molar-refractivity contribution in [3.63, 3.8) is 0 Å². The van der Waals surface area contributed by atoms with E-state index in [1.165, 1.54) is 12.0 Å². The molecule has 2 aromatic rings. The minimum atomic E-state index is -2.88. The maximum absolute atomic E-state index is 12.7. The minimum absolute atomic E-state index is 0.112. The van der Waals surface area contributed by atoms with Crippen molar-refractivity contribution in [3.8, 4) is 0 Å². The van der Waals surface area contributed by atoms with Crippen LogP contribution in [0.3, 0.4) is 0 Å². The highest BCUT2D eigenvalue weighted by Crippen LogP contribution is 2.34.